The minimum Gasteiger partial charge on any atom is -0.398 e. The summed E-state index contributed by atoms with van der Waals surface area (Å²) in [7, 11) is 0. The Balaban J connectivity index is 0. The van der Waals surface area contributed by atoms with E-state index in [1.165, 1.54) is 0 Å². The standard InChI is InChI=1S/C8H12N2.2ClH/c1-5-3-6(2)8(10)4-7(5)9;;/h3-4H,9-10H2,1-2H3;2*1H. The third-order valence-electron chi connectivity index (χ3n) is 1.65. The van der Waals surface area contributed by atoms with E-state index in [0.717, 1.165) is 22.5 Å². The highest BCUT2D eigenvalue weighted by Crippen LogP contribution is 2.18. The van der Waals surface area contributed by atoms with Crippen LogP contribution < -0.4 is 11.5 Å². The molecule has 1 aromatic carbocycles. The Morgan fingerprint density at radius 1 is 0.833 bits per heavy atom. The van der Waals surface area contributed by atoms with Gasteiger partial charge >= 0.3 is 0 Å². The van der Waals surface area contributed by atoms with Gasteiger partial charge in [0.15, 0.2) is 0 Å². The van der Waals surface area contributed by atoms with Crippen molar-refractivity contribution in [1.82, 2.24) is 0 Å². The molecule has 1 aromatic rings. The first kappa shape index (κ1) is 14.0. The SMILES string of the molecule is Cc1cc(C)c(N)cc1N.Cl.Cl. The molecule has 0 saturated carbocycles. The quantitative estimate of drug-likeness (QED) is 0.644. The fourth-order valence-electron chi connectivity index (χ4n) is 0.887. The first-order valence-electron chi connectivity index (χ1n) is 3.23. The van der Waals surface area contributed by atoms with Crippen molar-refractivity contribution < 1.29 is 0 Å². The third-order valence-corrected chi connectivity index (χ3v) is 1.65. The number of anilines is 2. The molecule has 0 aliphatic carbocycles. The van der Waals surface area contributed by atoms with Gasteiger partial charge in [0.2, 0.25) is 0 Å². The summed E-state index contributed by atoms with van der Waals surface area (Å²) in [6.45, 7) is 3.95. The van der Waals surface area contributed by atoms with Crippen LogP contribution in [0.25, 0.3) is 0 Å². The molecular weight excluding hydrogens is 195 g/mol. The zero-order chi connectivity index (χ0) is 7.72. The lowest BCUT2D eigenvalue weighted by atomic mass is 10.1. The van der Waals surface area contributed by atoms with E-state index < -0.39 is 0 Å². The number of nitrogen functional groups attached to an aromatic ring is 2. The van der Waals surface area contributed by atoms with Crippen LogP contribution in [0, 0.1) is 13.8 Å². The molecule has 0 unspecified atom stereocenters. The summed E-state index contributed by atoms with van der Waals surface area (Å²) in [6.07, 6.45) is 0. The Morgan fingerprint density at radius 3 is 1.42 bits per heavy atom. The van der Waals surface area contributed by atoms with Crippen molar-refractivity contribution in [1.29, 1.82) is 0 Å². The van der Waals surface area contributed by atoms with Gasteiger partial charge in [0, 0.05) is 11.4 Å². The van der Waals surface area contributed by atoms with E-state index in [0.29, 0.717) is 0 Å². The van der Waals surface area contributed by atoms with Crippen LogP contribution in [0.4, 0.5) is 11.4 Å². The average Bonchev–Trinajstić information content (AvgIpc) is 1.84. The molecule has 4 heteroatoms. The maximum Gasteiger partial charge on any atom is 0.0364 e. The Labute approximate surface area is 85.1 Å². The number of hydrogen-bond donors (Lipinski definition) is 2. The normalized spacial score (nSPS) is 8.17. The minimum atomic E-state index is 0. The average molecular weight is 209 g/mol. The van der Waals surface area contributed by atoms with Gasteiger partial charge in [-0.15, -0.1) is 24.8 Å². The van der Waals surface area contributed by atoms with Crippen molar-refractivity contribution in [2.24, 2.45) is 0 Å². The molecule has 70 valence electrons. The van der Waals surface area contributed by atoms with Crippen LogP contribution in [-0.4, -0.2) is 0 Å². The number of benzene rings is 1. The molecule has 0 saturated heterocycles. The lowest BCUT2D eigenvalue weighted by Gasteiger charge is -2.03. The summed E-state index contributed by atoms with van der Waals surface area (Å²) >= 11 is 0. The summed E-state index contributed by atoms with van der Waals surface area (Å²) < 4.78 is 0. The molecule has 0 amide bonds. The largest absolute Gasteiger partial charge is 0.398 e. The van der Waals surface area contributed by atoms with E-state index in [4.69, 9.17) is 11.5 Å². The second-order valence-corrected chi connectivity index (χ2v) is 2.57. The summed E-state index contributed by atoms with van der Waals surface area (Å²) in [5, 5.41) is 0. The molecule has 2 nitrogen and oxygen atoms in total. The summed E-state index contributed by atoms with van der Waals surface area (Å²) in [4.78, 5) is 0. The van der Waals surface area contributed by atoms with Gasteiger partial charge in [-0.05, 0) is 31.0 Å². The van der Waals surface area contributed by atoms with Gasteiger partial charge in [-0.2, -0.15) is 0 Å². The molecular formula is C8H14Cl2N2. The van der Waals surface area contributed by atoms with Crippen molar-refractivity contribution in [2.45, 2.75) is 13.8 Å². The van der Waals surface area contributed by atoms with Gasteiger partial charge in [0.05, 0.1) is 0 Å². The summed E-state index contributed by atoms with van der Waals surface area (Å²) in [6, 6.07) is 3.79. The van der Waals surface area contributed by atoms with Gasteiger partial charge in [-0.3, -0.25) is 0 Å². The number of rotatable bonds is 0. The van der Waals surface area contributed by atoms with E-state index in [1.54, 1.807) is 6.07 Å². The highest BCUT2D eigenvalue weighted by atomic mass is 35.5. The smallest absolute Gasteiger partial charge is 0.0364 e. The van der Waals surface area contributed by atoms with Crippen LogP contribution in [0.5, 0.6) is 0 Å². The number of aryl methyl sites for hydroxylation is 2. The molecule has 0 aromatic heterocycles. The zero-order valence-corrected chi connectivity index (χ0v) is 8.76. The Bertz CT molecular complexity index is 211. The van der Waals surface area contributed by atoms with Crippen LogP contribution in [0.15, 0.2) is 12.1 Å². The van der Waals surface area contributed by atoms with Crippen molar-refractivity contribution in [3.05, 3.63) is 23.3 Å². The Hall–Kier alpha value is -0.600. The van der Waals surface area contributed by atoms with Crippen molar-refractivity contribution in [3.8, 4) is 0 Å². The Morgan fingerprint density at radius 2 is 1.17 bits per heavy atom. The Kier molecular flexibility index (Phi) is 5.95. The maximum atomic E-state index is 5.61. The van der Waals surface area contributed by atoms with Crippen LogP contribution in [-0.2, 0) is 0 Å². The van der Waals surface area contributed by atoms with Crippen LogP contribution in [0.1, 0.15) is 11.1 Å². The molecule has 0 radical (unpaired) electrons. The molecule has 0 aliphatic rings. The molecule has 0 atom stereocenters. The fourth-order valence-corrected chi connectivity index (χ4v) is 0.887. The van der Waals surface area contributed by atoms with E-state index in [2.05, 4.69) is 0 Å². The number of nitrogens with two attached hydrogens (primary N) is 2. The van der Waals surface area contributed by atoms with Gasteiger partial charge in [0.1, 0.15) is 0 Å². The van der Waals surface area contributed by atoms with Crippen molar-refractivity contribution in [2.75, 3.05) is 11.5 Å². The fraction of sp³-hybridized carbons (Fsp3) is 0.250. The maximum absolute atomic E-state index is 5.61. The molecule has 0 bridgehead atoms. The molecule has 1 rings (SSSR count). The van der Waals surface area contributed by atoms with Gasteiger partial charge < -0.3 is 11.5 Å². The monoisotopic (exact) mass is 208 g/mol. The first-order chi connectivity index (χ1) is 4.61. The molecule has 0 spiro atoms. The molecule has 0 heterocycles. The molecule has 0 fully saturated rings. The summed E-state index contributed by atoms with van der Waals surface area (Å²) in [5.74, 6) is 0. The van der Waals surface area contributed by atoms with E-state index >= 15 is 0 Å². The predicted octanol–water partition coefficient (Wildman–Crippen LogP) is 2.31. The minimum absolute atomic E-state index is 0. The number of hydrogen-bond acceptors (Lipinski definition) is 2. The first-order valence-corrected chi connectivity index (χ1v) is 3.23. The molecule has 0 aliphatic heterocycles. The van der Waals surface area contributed by atoms with Crippen LogP contribution in [0.2, 0.25) is 0 Å². The van der Waals surface area contributed by atoms with Crippen LogP contribution >= 0.6 is 24.8 Å². The summed E-state index contributed by atoms with van der Waals surface area (Å²) in [5.41, 5.74) is 14.9. The molecule has 4 N–H and O–H groups in total. The second kappa shape index (κ2) is 5.12. The van der Waals surface area contributed by atoms with Gasteiger partial charge in [0.25, 0.3) is 0 Å². The lowest BCUT2D eigenvalue weighted by molar-refractivity contribution is 1.39. The van der Waals surface area contributed by atoms with Crippen LogP contribution in [0.3, 0.4) is 0 Å². The second-order valence-electron chi connectivity index (χ2n) is 2.57. The van der Waals surface area contributed by atoms with Crippen molar-refractivity contribution >= 4 is 36.2 Å². The number of halogens is 2. The highest BCUT2D eigenvalue weighted by Gasteiger charge is 1.96. The highest BCUT2D eigenvalue weighted by molar-refractivity contribution is 5.85. The van der Waals surface area contributed by atoms with E-state index in [9.17, 15) is 0 Å². The van der Waals surface area contributed by atoms with E-state index in [-0.39, 0.29) is 24.8 Å². The third kappa shape index (κ3) is 2.80. The van der Waals surface area contributed by atoms with Crippen molar-refractivity contribution in [3.63, 3.8) is 0 Å². The molecule has 12 heavy (non-hydrogen) atoms. The lowest BCUT2D eigenvalue weighted by Crippen LogP contribution is -1.95. The van der Waals surface area contributed by atoms with E-state index in [1.807, 2.05) is 19.9 Å². The van der Waals surface area contributed by atoms with Gasteiger partial charge in [-0.25, -0.2) is 0 Å². The predicted molar refractivity (Wildman–Crippen MR) is 59.2 cm³/mol. The van der Waals surface area contributed by atoms with Gasteiger partial charge in [-0.1, -0.05) is 6.07 Å². The zero-order valence-electron chi connectivity index (χ0n) is 7.13. The topological polar surface area (TPSA) is 52.0 Å².